The van der Waals surface area contributed by atoms with Gasteiger partial charge in [0.15, 0.2) is 0 Å². The predicted molar refractivity (Wildman–Crippen MR) is 104 cm³/mol. The number of carbonyl (C=O) groups excluding carboxylic acids is 1. The molecule has 0 fully saturated rings. The van der Waals surface area contributed by atoms with E-state index in [1.165, 1.54) is 0 Å². The monoisotopic (exact) mass is 356 g/mol. The molecule has 5 nitrogen and oxygen atoms in total. The second-order valence-corrected chi connectivity index (χ2v) is 6.41. The standard InChI is InChI=1S/C22H20N4O/c27-22(25-15-17-9-11-23-12-10-17)14-19(18-6-2-1-3-7-18)20-16-24-21-8-4-5-13-26(20)21/h1-13,16,19H,14-15H2,(H,25,27). The van der Waals surface area contributed by atoms with Gasteiger partial charge in [-0.25, -0.2) is 4.98 Å². The molecular weight excluding hydrogens is 336 g/mol. The van der Waals surface area contributed by atoms with Crippen molar-refractivity contribution in [3.63, 3.8) is 0 Å². The average molecular weight is 356 g/mol. The number of fused-ring (bicyclic) bond motifs is 1. The Hall–Kier alpha value is -3.47. The number of hydrogen-bond acceptors (Lipinski definition) is 3. The fourth-order valence-electron chi connectivity index (χ4n) is 3.25. The number of amides is 1. The van der Waals surface area contributed by atoms with Crippen LogP contribution in [0.5, 0.6) is 0 Å². The summed E-state index contributed by atoms with van der Waals surface area (Å²) in [7, 11) is 0. The van der Waals surface area contributed by atoms with Crippen molar-refractivity contribution < 1.29 is 4.79 Å². The summed E-state index contributed by atoms with van der Waals surface area (Å²) in [5, 5.41) is 3.01. The number of nitrogens with zero attached hydrogens (tertiary/aromatic N) is 3. The van der Waals surface area contributed by atoms with Gasteiger partial charge < -0.3 is 9.72 Å². The molecule has 0 saturated heterocycles. The highest BCUT2D eigenvalue weighted by molar-refractivity contribution is 5.77. The van der Waals surface area contributed by atoms with Crippen LogP contribution < -0.4 is 5.32 Å². The molecule has 0 aliphatic rings. The van der Waals surface area contributed by atoms with E-state index in [9.17, 15) is 4.79 Å². The van der Waals surface area contributed by atoms with Crippen molar-refractivity contribution in [3.8, 4) is 0 Å². The van der Waals surface area contributed by atoms with E-state index in [4.69, 9.17) is 0 Å². The molecule has 3 heterocycles. The molecule has 4 aromatic rings. The average Bonchev–Trinajstić information content (AvgIpc) is 3.16. The molecule has 27 heavy (non-hydrogen) atoms. The highest BCUT2D eigenvalue weighted by Crippen LogP contribution is 2.28. The van der Waals surface area contributed by atoms with Crippen LogP contribution in [-0.4, -0.2) is 20.3 Å². The lowest BCUT2D eigenvalue weighted by Gasteiger charge is -2.17. The molecular formula is C22H20N4O. The van der Waals surface area contributed by atoms with E-state index in [2.05, 4.69) is 27.4 Å². The van der Waals surface area contributed by atoms with Crippen LogP contribution in [0.3, 0.4) is 0 Å². The van der Waals surface area contributed by atoms with Crippen molar-refractivity contribution >= 4 is 11.6 Å². The Morgan fingerprint density at radius 3 is 2.59 bits per heavy atom. The summed E-state index contributed by atoms with van der Waals surface area (Å²) in [4.78, 5) is 21.2. The molecule has 0 spiro atoms. The Balaban J connectivity index is 1.58. The molecule has 3 aromatic heterocycles. The highest BCUT2D eigenvalue weighted by atomic mass is 16.1. The summed E-state index contributed by atoms with van der Waals surface area (Å²) in [6.07, 6.45) is 7.67. The van der Waals surface area contributed by atoms with Crippen LogP contribution in [0.2, 0.25) is 0 Å². The Morgan fingerprint density at radius 1 is 1.00 bits per heavy atom. The van der Waals surface area contributed by atoms with Crippen LogP contribution in [0.25, 0.3) is 5.65 Å². The lowest BCUT2D eigenvalue weighted by atomic mass is 9.92. The van der Waals surface area contributed by atoms with Crippen LogP contribution >= 0.6 is 0 Å². The minimum absolute atomic E-state index is 0.00606. The van der Waals surface area contributed by atoms with Gasteiger partial charge in [-0.15, -0.1) is 0 Å². The van der Waals surface area contributed by atoms with E-state index in [1.54, 1.807) is 12.4 Å². The lowest BCUT2D eigenvalue weighted by Crippen LogP contribution is -2.25. The van der Waals surface area contributed by atoms with Gasteiger partial charge in [0.2, 0.25) is 5.91 Å². The maximum Gasteiger partial charge on any atom is 0.221 e. The number of hydrogen-bond donors (Lipinski definition) is 1. The number of rotatable bonds is 6. The molecule has 0 radical (unpaired) electrons. The van der Waals surface area contributed by atoms with Crippen molar-refractivity contribution in [3.05, 3.63) is 102 Å². The van der Waals surface area contributed by atoms with Gasteiger partial charge in [-0.05, 0) is 35.4 Å². The van der Waals surface area contributed by atoms with E-state index >= 15 is 0 Å². The van der Waals surface area contributed by atoms with Crippen molar-refractivity contribution in [1.29, 1.82) is 0 Å². The fourth-order valence-corrected chi connectivity index (χ4v) is 3.25. The topological polar surface area (TPSA) is 59.3 Å². The summed E-state index contributed by atoms with van der Waals surface area (Å²) in [6.45, 7) is 0.496. The molecule has 0 aliphatic carbocycles. The van der Waals surface area contributed by atoms with Crippen LogP contribution in [0.4, 0.5) is 0 Å². The highest BCUT2D eigenvalue weighted by Gasteiger charge is 2.21. The minimum Gasteiger partial charge on any atom is -0.352 e. The Kier molecular flexibility index (Phi) is 4.92. The van der Waals surface area contributed by atoms with E-state index in [-0.39, 0.29) is 11.8 Å². The number of pyridine rings is 2. The maximum absolute atomic E-state index is 12.7. The smallest absolute Gasteiger partial charge is 0.221 e. The van der Waals surface area contributed by atoms with E-state index in [0.29, 0.717) is 13.0 Å². The van der Waals surface area contributed by atoms with Crippen LogP contribution in [-0.2, 0) is 11.3 Å². The van der Waals surface area contributed by atoms with Crippen LogP contribution in [0, 0.1) is 0 Å². The molecule has 1 amide bonds. The van der Waals surface area contributed by atoms with Gasteiger partial charge in [-0.2, -0.15) is 0 Å². The predicted octanol–water partition coefficient (Wildman–Crippen LogP) is 3.57. The van der Waals surface area contributed by atoms with Crippen molar-refractivity contribution in [2.45, 2.75) is 18.9 Å². The molecule has 1 atom stereocenters. The maximum atomic E-state index is 12.7. The normalized spacial score (nSPS) is 12.0. The lowest BCUT2D eigenvalue weighted by molar-refractivity contribution is -0.121. The van der Waals surface area contributed by atoms with E-state index in [0.717, 1.165) is 22.5 Å². The molecule has 0 saturated carbocycles. The summed E-state index contributed by atoms with van der Waals surface area (Å²) < 4.78 is 2.05. The number of imidazole rings is 1. The van der Waals surface area contributed by atoms with Crippen molar-refractivity contribution in [2.75, 3.05) is 0 Å². The Bertz CT molecular complexity index is 1030. The quantitative estimate of drug-likeness (QED) is 0.575. The molecule has 134 valence electrons. The van der Waals surface area contributed by atoms with Gasteiger partial charge in [0.25, 0.3) is 0 Å². The van der Waals surface area contributed by atoms with Crippen LogP contribution in [0.1, 0.15) is 29.2 Å². The van der Waals surface area contributed by atoms with Gasteiger partial charge >= 0.3 is 0 Å². The zero-order valence-corrected chi connectivity index (χ0v) is 14.8. The number of benzene rings is 1. The molecule has 4 rings (SSSR count). The van der Waals surface area contributed by atoms with Gasteiger partial charge in [-0.1, -0.05) is 36.4 Å². The third-order valence-corrected chi connectivity index (χ3v) is 4.63. The second-order valence-electron chi connectivity index (χ2n) is 6.41. The summed E-state index contributed by atoms with van der Waals surface area (Å²) >= 11 is 0. The molecule has 0 bridgehead atoms. The second kappa shape index (κ2) is 7.83. The summed E-state index contributed by atoms with van der Waals surface area (Å²) in [5.41, 5.74) is 4.02. The minimum atomic E-state index is -0.0685. The van der Waals surface area contributed by atoms with Gasteiger partial charge in [-0.3, -0.25) is 9.78 Å². The SMILES string of the molecule is O=C(CC(c1ccccc1)c1cnc2ccccn12)NCc1ccncc1. The van der Waals surface area contributed by atoms with Crippen LogP contribution in [0.15, 0.2) is 85.5 Å². The third-order valence-electron chi connectivity index (χ3n) is 4.63. The van der Waals surface area contributed by atoms with Crippen molar-refractivity contribution in [1.82, 2.24) is 19.7 Å². The molecule has 0 aliphatic heterocycles. The zero-order chi connectivity index (χ0) is 18.5. The van der Waals surface area contributed by atoms with Gasteiger partial charge in [0.05, 0.1) is 5.69 Å². The van der Waals surface area contributed by atoms with Gasteiger partial charge in [0, 0.05) is 43.7 Å². The number of carbonyl (C=O) groups is 1. The largest absolute Gasteiger partial charge is 0.352 e. The zero-order valence-electron chi connectivity index (χ0n) is 14.8. The molecule has 1 unspecified atom stereocenters. The first-order valence-electron chi connectivity index (χ1n) is 8.94. The first kappa shape index (κ1) is 17.0. The number of nitrogens with one attached hydrogen (secondary N) is 1. The Labute approximate surface area is 157 Å². The number of aromatic nitrogens is 3. The van der Waals surface area contributed by atoms with E-state index in [1.807, 2.05) is 65.3 Å². The van der Waals surface area contributed by atoms with E-state index < -0.39 is 0 Å². The first-order valence-corrected chi connectivity index (χ1v) is 8.94. The molecule has 5 heteroatoms. The molecule has 1 N–H and O–H groups in total. The summed E-state index contributed by atoms with van der Waals surface area (Å²) in [6, 6.07) is 19.8. The van der Waals surface area contributed by atoms with Gasteiger partial charge in [0.1, 0.15) is 5.65 Å². The van der Waals surface area contributed by atoms with Crippen molar-refractivity contribution in [2.24, 2.45) is 0 Å². The first-order chi connectivity index (χ1) is 13.3. The fraction of sp³-hybridized carbons (Fsp3) is 0.136. The third kappa shape index (κ3) is 3.87. The summed E-state index contributed by atoms with van der Waals surface area (Å²) in [5.74, 6) is -0.0624. The molecule has 1 aromatic carbocycles. The Morgan fingerprint density at radius 2 is 1.78 bits per heavy atom.